The van der Waals surface area contributed by atoms with Crippen LogP contribution in [0, 0.1) is 12.3 Å². The van der Waals surface area contributed by atoms with E-state index >= 15 is 0 Å². The lowest BCUT2D eigenvalue weighted by Crippen LogP contribution is -2.40. The number of amides is 1. The van der Waals surface area contributed by atoms with Gasteiger partial charge in [-0.2, -0.15) is 0 Å². The van der Waals surface area contributed by atoms with Crippen molar-refractivity contribution in [2.45, 2.75) is 12.8 Å². The first-order chi connectivity index (χ1) is 8.72. The molecule has 1 heterocycles. The second kappa shape index (κ2) is 5.46. The van der Waals surface area contributed by atoms with Crippen molar-refractivity contribution in [3.05, 3.63) is 23.8 Å². The van der Waals surface area contributed by atoms with Crippen LogP contribution < -0.4 is 16.0 Å². The summed E-state index contributed by atoms with van der Waals surface area (Å²) in [5.74, 6) is 2.34. The molecule has 1 amide bonds. The minimum atomic E-state index is -0.0526. The second-order valence-electron chi connectivity index (χ2n) is 4.35. The number of anilines is 2. The lowest BCUT2D eigenvalue weighted by Gasteiger charge is -2.31. The molecular weight excluding hydrogens is 226 g/mol. The number of hydrogen-bond donors (Lipinski definition) is 2. The molecule has 0 aromatic heterocycles. The molecule has 4 heteroatoms. The number of nitrogen functional groups attached to an aromatic ring is 1. The Morgan fingerprint density at radius 3 is 3.17 bits per heavy atom. The molecule has 0 spiro atoms. The van der Waals surface area contributed by atoms with Gasteiger partial charge in [-0.15, -0.1) is 6.42 Å². The van der Waals surface area contributed by atoms with E-state index in [0.717, 1.165) is 36.3 Å². The molecule has 94 valence electrons. The number of nitrogens with one attached hydrogen (secondary N) is 1. The number of benzene rings is 1. The quantitative estimate of drug-likeness (QED) is 0.609. The van der Waals surface area contributed by atoms with Gasteiger partial charge in [-0.3, -0.25) is 4.79 Å². The highest BCUT2D eigenvalue weighted by atomic mass is 16.2. The summed E-state index contributed by atoms with van der Waals surface area (Å²) in [6, 6.07) is 5.84. The molecule has 3 N–H and O–H groups in total. The maximum Gasteiger partial charge on any atom is 0.240 e. The van der Waals surface area contributed by atoms with Crippen LogP contribution in [0.1, 0.15) is 12.0 Å². The summed E-state index contributed by atoms with van der Waals surface area (Å²) in [4.78, 5) is 13.7. The summed E-state index contributed by atoms with van der Waals surface area (Å²) in [6.45, 7) is 1.48. The molecule has 0 fully saturated rings. The van der Waals surface area contributed by atoms with Gasteiger partial charge in [0.2, 0.25) is 5.91 Å². The Balaban J connectivity index is 2.11. The van der Waals surface area contributed by atoms with Gasteiger partial charge < -0.3 is 16.0 Å². The normalized spacial score (nSPS) is 13.6. The van der Waals surface area contributed by atoms with Crippen molar-refractivity contribution < 1.29 is 4.79 Å². The number of carbonyl (C=O) groups excluding carboxylic acids is 1. The lowest BCUT2D eigenvalue weighted by molar-refractivity contribution is -0.119. The lowest BCUT2D eigenvalue weighted by atomic mass is 10.00. The average molecular weight is 243 g/mol. The Morgan fingerprint density at radius 2 is 2.39 bits per heavy atom. The first-order valence-corrected chi connectivity index (χ1v) is 6.05. The Morgan fingerprint density at radius 1 is 1.56 bits per heavy atom. The topological polar surface area (TPSA) is 58.4 Å². The molecule has 0 saturated carbocycles. The van der Waals surface area contributed by atoms with E-state index < -0.39 is 0 Å². The van der Waals surface area contributed by atoms with E-state index in [1.54, 1.807) is 0 Å². The minimum Gasteiger partial charge on any atom is -0.398 e. The number of fused-ring (bicyclic) bond motifs is 1. The van der Waals surface area contributed by atoms with Crippen molar-refractivity contribution in [1.82, 2.24) is 5.32 Å². The fourth-order valence-electron chi connectivity index (χ4n) is 2.27. The van der Waals surface area contributed by atoms with Crippen LogP contribution in [-0.4, -0.2) is 25.5 Å². The third-order valence-corrected chi connectivity index (χ3v) is 3.11. The van der Waals surface area contributed by atoms with Crippen LogP contribution in [0.3, 0.4) is 0 Å². The fraction of sp³-hybridized carbons (Fsp3) is 0.357. The van der Waals surface area contributed by atoms with Crippen LogP contribution in [0.5, 0.6) is 0 Å². The van der Waals surface area contributed by atoms with E-state index in [9.17, 15) is 4.79 Å². The highest BCUT2D eigenvalue weighted by Crippen LogP contribution is 2.30. The number of nitrogens with two attached hydrogens (primary N) is 1. The van der Waals surface area contributed by atoms with Crippen molar-refractivity contribution in [3.8, 4) is 12.3 Å². The summed E-state index contributed by atoms with van der Waals surface area (Å²) in [6.07, 6.45) is 7.11. The van der Waals surface area contributed by atoms with Gasteiger partial charge in [0.15, 0.2) is 0 Å². The van der Waals surface area contributed by atoms with Gasteiger partial charge in [0.25, 0.3) is 0 Å². The van der Waals surface area contributed by atoms with Gasteiger partial charge in [0.1, 0.15) is 0 Å². The van der Waals surface area contributed by atoms with Gasteiger partial charge in [0, 0.05) is 17.9 Å². The standard InChI is InChI=1S/C14H17N3O/c1-2-8-16-14(18)10-17-9-4-5-11-12(15)6-3-7-13(11)17/h1,3,6-7H,4-5,8-10,15H2,(H,16,18). The number of nitrogens with zero attached hydrogens (tertiary/aromatic N) is 1. The van der Waals surface area contributed by atoms with Crippen LogP contribution in [-0.2, 0) is 11.2 Å². The molecule has 0 saturated heterocycles. The molecule has 0 radical (unpaired) electrons. The molecule has 0 unspecified atom stereocenters. The van der Waals surface area contributed by atoms with Crippen molar-refractivity contribution in [3.63, 3.8) is 0 Å². The van der Waals surface area contributed by atoms with Crippen LogP contribution in [0.15, 0.2) is 18.2 Å². The van der Waals surface area contributed by atoms with Gasteiger partial charge in [-0.05, 0) is 30.5 Å². The molecule has 1 aromatic rings. The highest BCUT2D eigenvalue weighted by Gasteiger charge is 2.20. The zero-order chi connectivity index (χ0) is 13.0. The molecule has 1 aliphatic heterocycles. The molecule has 18 heavy (non-hydrogen) atoms. The number of rotatable bonds is 3. The summed E-state index contributed by atoms with van der Waals surface area (Å²) in [7, 11) is 0. The SMILES string of the molecule is C#CCNC(=O)CN1CCCc2c(N)cccc21. The molecule has 0 bridgehead atoms. The van der Waals surface area contributed by atoms with Crippen molar-refractivity contribution in [2.24, 2.45) is 0 Å². The molecule has 1 aromatic carbocycles. The van der Waals surface area contributed by atoms with E-state index in [-0.39, 0.29) is 12.5 Å². The summed E-state index contributed by atoms with van der Waals surface area (Å²) >= 11 is 0. The van der Waals surface area contributed by atoms with E-state index in [4.69, 9.17) is 12.2 Å². The molecular formula is C14H17N3O. The Bertz CT molecular complexity index is 490. The minimum absolute atomic E-state index is 0.0526. The molecule has 1 aliphatic rings. The first-order valence-electron chi connectivity index (χ1n) is 6.05. The van der Waals surface area contributed by atoms with Gasteiger partial charge in [-0.1, -0.05) is 12.0 Å². The fourth-order valence-corrected chi connectivity index (χ4v) is 2.27. The van der Waals surface area contributed by atoms with E-state index in [2.05, 4.69) is 16.1 Å². The number of terminal acetylenes is 1. The monoisotopic (exact) mass is 243 g/mol. The zero-order valence-electron chi connectivity index (χ0n) is 10.3. The predicted molar refractivity (Wildman–Crippen MR) is 73.2 cm³/mol. The largest absolute Gasteiger partial charge is 0.398 e. The second-order valence-corrected chi connectivity index (χ2v) is 4.35. The smallest absolute Gasteiger partial charge is 0.240 e. The van der Waals surface area contributed by atoms with Gasteiger partial charge >= 0.3 is 0 Å². The summed E-state index contributed by atoms with van der Waals surface area (Å²) in [5, 5.41) is 2.68. The van der Waals surface area contributed by atoms with Crippen LogP contribution >= 0.6 is 0 Å². The van der Waals surface area contributed by atoms with Crippen molar-refractivity contribution in [1.29, 1.82) is 0 Å². The van der Waals surface area contributed by atoms with Crippen molar-refractivity contribution >= 4 is 17.3 Å². The third kappa shape index (κ3) is 2.57. The Kier molecular flexibility index (Phi) is 3.73. The maximum atomic E-state index is 11.7. The Labute approximate surface area is 107 Å². The maximum absolute atomic E-state index is 11.7. The number of carbonyl (C=O) groups is 1. The van der Waals surface area contributed by atoms with Crippen molar-refractivity contribution in [2.75, 3.05) is 30.3 Å². The third-order valence-electron chi connectivity index (χ3n) is 3.11. The van der Waals surface area contributed by atoms with Gasteiger partial charge in [0.05, 0.1) is 13.1 Å². The molecule has 4 nitrogen and oxygen atoms in total. The van der Waals surface area contributed by atoms with E-state index in [0.29, 0.717) is 6.54 Å². The van der Waals surface area contributed by atoms with Gasteiger partial charge in [-0.25, -0.2) is 0 Å². The Hall–Kier alpha value is -2.15. The van der Waals surface area contributed by atoms with Crippen LogP contribution in [0.25, 0.3) is 0 Å². The van der Waals surface area contributed by atoms with Crippen LogP contribution in [0.4, 0.5) is 11.4 Å². The number of hydrogen-bond acceptors (Lipinski definition) is 3. The molecule has 2 rings (SSSR count). The highest BCUT2D eigenvalue weighted by molar-refractivity contribution is 5.82. The molecule has 0 aliphatic carbocycles. The van der Waals surface area contributed by atoms with Crippen LogP contribution in [0.2, 0.25) is 0 Å². The first kappa shape index (κ1) is 12.3. The summed E-state index contributed by atoms with van der Waals surface area (Å²) in [5.41, 5.74) is 8.98. The van der Waals surface area contributed by atoms with E-state index in [1.165, 1.54) is 0 Å². The molecule has 0 atom stereocenters. The average Bonchev–Trinajstić information content (AvgIpc) is 2.38. The zero-order valence-corrected chi connectivity index (χ0v) is 10.3. The van der Waals surface area contributed by atoms with E-state index in [1.807, 2.05) is 18.2 Å². The summed E-state index contributed by atoms with van der Waals surface area (Å²) < 4.78 is 0. The predicted octanol–water partition coefficient (Wildman–Crippen LogP) is 0.771.